The first-order valence-electron chi connectivity index (χ1n) is 14.7. The summed E-state index contributed by atoms with van der Waals surface area (Å²) in [5.41, 5.74) is 5.05. The molecule has 0 saturated carbocycles. The third-order valence-corrected chi connectivity index (χ3v) is 9.45. The second kappa shape index (κ2) is 8.06. The van der Waals surface area contributed by atoms with Gasteiger partial charge >= 0.3 is 0 Å². The van der Waals surface area contributed by atoms with Gasteiger partial charge in [-0.2, -0.15) is 0 Å². The van der Waals surface area contributed by atoms with E-state index in [-0.39, 0.29) is 0 Å². The number of hydrogen-bond acceptors (Lipinski definition) is 0. The molecule has 42 heavy (non-hydrogen) atoms. The summed E-state index contributed by atoms with van der Waals surface area (Å²) in [5.74, 6) is 0. The summed E-state index contributed by atoms with van der Waals surface area (Å²) in [6.45, 7) is 0. The Morgan fingerprint density at radius 1 is 0.238 bits per heavy atom. The molecule has 0 fully saturated rings. The van der Waals surface area contributed by atoms with Crippen LogP contribution in [0.3, 0.4) is 0 Å². The van der Waals surface area contributed by atoms with E-state index in [0.717, 1.165) is 0 Å². The second-order valence-corrected chi connectivity index (χ2v) is 11.8. The first-order valence-corrected chi connectivity index (χ1v) is 14.7. The van der Waals surface area contributed by atoms with Crippen molar-refractivity contribution in [2.75, 3.05) is 0 Å². The van der Waals surface area contributed by atoms with Crippen LogP contribution in [0.1, 0.15) is 0 Å². The van der Waals surface area contributed by atoms with Crippen molar-refractivity contribution in [2.45, 2.75) is 0 Å². The molecule has 0 N–H and O–H groups in total. The van der Waals surface area contributed by atoms with E-state index < -0.39 is 0 Å². The lowest BCUT2D eigenvalue weighted by Gasteiger charge is -2.15. The maximum atomic E-state index is 2.37. The minimum absolute atomic E-state index is 1.25. The van der Waals surface area contributed by atoms with Crippen molar-refractivity contribution in [3.8, 4) is 22.3 Å². The van der Waals surface area contributed by atoms with Crippen molar-refractivity contribution >= 4 is 75.4 Å². The summed E-state index contributed by atoms with van der Waals surface area (Å²) in [6, 6.07) is 54.5. The van der Waals surface area contributed by atoms with Crippen LogP contribution in [-0.2, 0) is 0 Å². The molecule has 0 amide bonds. The number of rotatable bonds is 2. The van der Waals surface area contributed by atoms with Gasteiger partial charge in [0, 0.05) is 0 Å². The lowest BCUT2D eigenvalue weighted by Crippen LogP contribution is -1.88. The lowest BCUT2D eigenvalue weighted by atomic mass is 9.89. The summed E-state index contributed by atoms with van der Waals surface area (Å²) < 4.78 is 0. The van der Waals surface area contributed by atoms with Gasteiger partial charge in [0.15, 0.2) is 0 Å². The third-order valence-electron chi connectivity index (χ3n) is 9.45. The van der Waals surface area contributed by atoms with Crippen LogP contribution >= 0.6 is 0 Å². The van der Waals surface area contributed by atoms with Crippen LogP contribution in [0.4, 0.5) is 0 Å². The van der Waals surface area contributed by atoms with Crippen LogP contribution < -0.4 is 0 Å². The maximum Gasteiger partial charge on any atom is -0.00264 e. The van der Waals surface area contributed by atoms with Gasteiger partial charge in [-0.3, -0.25) is 0 Å². The molecule has 0 radical (unpaired) electrons. The van der Waals surface area contributed by atoms with E-state index in [2.05, 4.69) is 146 Å². The zero-order valence-corrected chi connectivity index (χ0v) is 22.9. The predicted molar refractivity (Wildman–Crippen MR) is 182 cm³/mol. The molecule has 10 rings (SSSR count). The summed E-state index contributed by atoms with van der Waals surface area (Å²) in [5, 5.41) is 18.5. The molecule has 0 nitrogen and oxygen atoms in total. The van der Waals surface area contributed by atoms with Crippen molar-refractivity contribution in [3.05, 3.63) is 146 Å². The smallest absolute Gasteiger partial charge is 0.00264 e. The van der Waals surface area contributed by atoms with Gasteiger partial charge < -0.3 is 0 Å². The highest BCUT2D eigenvalue weighted by Crippen LogP contribution is 2.41. The van der Waals surface area contributed by atoms with E-state index in [1.54, 1.807) is 0 Å². The van der Waals surface area contributed by atoms with Crippen LogP contribution in [-0.4, -0.2) is 0 Å². The van der Waals surface area contributed by atoms with Gasteiger partial charge in [0.25, 0.3) is 0 Å². The molecule has 0 aromatic heterocycles. The Labute approximate surface area is 242 Å². The molecule has 0 aliphatic carbocycles. The molecule has 0 bridgehead atoms. The van der Waals surface area contributed by atoms with Gasteiger partial charge in [-0.15, -0.1) is 0 Å². The summed E-state index contributed by atoms with van der Waals surface area (Å²) >= 11 is 0. The van der Waals surface area contributed by atoms with Crippen molar-refractivity contribution in [2.24, 2.45) is 0 Å². The first kappa shape index (κ1) is 22.3. The topological polar surface area (TPSA) is 0 Å². The molecule has 0 atom stereocenters. The first-order chi connectivity index (χ1) is 20.8. The number of hydrogen-bond donors (Lipinski definition) is 0. The molecule has 0 aliphatic rings. The van der Waals surface area contributed by atoms with E-state index in [1.807, 2.05) is 0 Å². The Hall–Kier alpha value is -5.46. The average Bonchev–Trinajstić information content (AvgIpc) is 3.05. The molecule has 0 heteroatoms. The van der Waals surface area contributed by atoms with Crippen LogP contribution in [0.5, 0.6) is 0 Å². The van der Waals surface area contributed by atoms with Crippen LogP contribution in [0.25, 0.3) is 97.7 Å². The highest BCUT2D eigenvalue weighted by Gasteiger charge is 2.13. The Morgan fingerprint density at radius 2 is 0.619 bits per heavy atom. The van der Waals surface area contributed by atoms with Crippen molar-refractivity contribution in [1.29, 1.82) is 0 Å². The van der Waals surface area contributed by atoms with Gasteiger partial charge in [-0.1, -0.05) is 115 Å². The van der Waals surface area contributed by atoms with Gasteiger partial charge in [0.2, 0.25) is 0 Å². The number of fused-ring (bicyclic) bond motifs is 1. The standard InChI is InChI=1S/C42H24/c1-4-25-10-14-31-21-35(22-32-15-11-26(5-1)39(25)41(31)32)29-18-19-38-30(20-29)8-3-9-37(38)36-23-33-16-12-27-6-2-7-28-13-17-34(24-36)42(33)40(27)28/h1-24H. The van der Waals surface area contributed by atoms with Crippen molar-refractivity contribution in [3.63, 3.8) is 0 Å². The van der Waals surface area contributed by atoms with Crippen LogP contribution in [0.15, 0.2) is 146 Å². The van der Waals surface area contributed by atoms with Gasteiger partial charge in [-0.25, -0.2) is 0 Å². The largest absolute Gasteiger partial charge is 0.0610 e. The Bertz CT molecular complexity index is 2550. The zero-order chi connectivity index (χ0) is 27.4. The maximum absolute atomic E-state index is 2.37. The fourth-order valence-electron chi connectivity index (χ4n) is 7.54. The molecule has 0 aliphatic heterocycles. The third kappa shape index (κ3) is 3.01. The average molecular weight is 529 g/mol. The van der Waals surface area contributed by atoms with Gasteiger partial charge in [0.1, 0.15) is 0 Å². The Kier molecular flexibility index (Phi) is 4.27. The van der Waals surface area contributed by atoms with E-state index >= 15 is 0 Å². The summed E-state index contributed by atoms with van der Waals surface area (Å²) in [6.07, 6.45) is 0. The van der Waals surface area contributed by atoms with E-state index in [9.17, 15) is 0 Å². The molecule has 0 unspecified atom stereocenters. The van der Waals surface area contributed by atoms with E-state index in [0.29, 0.717) is 0 Å². The zero-order valence-electron chi connectivity index (χ0n) is 22.9. The Balaban J connectivity index is 1.15. The molecule has 10 aromatic rings. The van der Waals surface area contributed by atoms with Gasteiger partial charge in [0.05, 0.1) is 0 Å². The van der Waals surface area contributed by atoms with Crippen LogP contribution in [0.2, 0.25) is 0 Å². The van der Waals surface area contributed by atoms with Crippen molar-refractivity contribution in [1.82, 2.24) is 0 Å². The molecular formula is C42H24. The molecular weight excluding hydrogens is 504 g/mol. The highest BCUT2D eigenvalue weighted by atomic mass is 14.2. The van der Waals surface area contributed by atoms with Crippen molar-refractivity contribution < 1.29 is 0 Å². The lowest BCUT2D eigenvalue weighted by molar-refractivity contribution is 1.67. The minimum Gasteiger partial charge on any atom is -0.0610 e. The Morgan fingerprint density at radius 3 is 1.14 bits per heavy atom. The normalized spacial score (nSPS) is 12.3. The second-order valence-electron chi connectivity index (χ2n) is 11.8. The van der Waals surface area contributed by atoms with E-state index in [4.69, 9.17) is 0 Å². The quantitative estimate of drug-likeness (QED) is 0.196. The monoisotopic (exact) mass is 528 g/mol. The van der Waals surface area contributed by atoms with Gasteiger partial charge in [-0.05, 0) is 128 Å². The highest BCUT2D eigenvalue weighted by molar-refractivity contribution is 6.25. The minimum atomic E-state index is 1.25. The molecule has 0 saturated heterocycles. The van der Waals surface area contributed by atoms with Crippen LogP contribution in [0, 0.1) is 0 Å². The summed E-state index contributed by atoms with van der Waals surface area (Å²) in [4.78, 5) is 0. The fraction of sp³-hybridized carbons (Fsp3) is 0. The molecule has 0 heterocycles. The number of benzene rings is 10. The SMILES string of the molecule is c1cc(-c2cc3ccc4cccc5ccc(c2)c3c45)c2ccc(-c3cc4ccc5cccc6ccc(c3)c4c56)cc2c1. The fourth-order valence-corrected chi connectivity index (χ4v) is 7.54. The molecule has 10 aromatic carbocycles. The van der Waals surface area contributed by atoms with E-state index in [1.165, 1.54) is 97.7 Å². The molecule has 0 spiro atoms. The summed E-state index contributed by atoms with van der Waals surface area (Å²) in [7, 11) is 0. The predicted octanol–water partition coefficient (Wildman–Crippen LogP) is 12.0. The molecule has 192 valence electrons.